The Labute approximate surface area is 111 Å². The first-order valence-electron chi connectivity index (χ1n) is 5.94. The van der Waals surface area contributed by atoms with Crippen molar-refractivity contribution in [1.29, 1.82) is 0 Å². The summed E-state index contributed by atoms with van der Waals surface area (Å²) in [7, 11) is 0. The summed E-state index contributed by atoms with van der Waals surface area (Å²) in [5, 5.41) is 11.8. The molecule has 0 bridgehead atoms. The molecule has 0 aliphatic heterocycles. The van der Waals surface area contributed by atoms with Crippen molar-refractivity contribution in [2.75, 3.05) is 13.1 Å². The predicted octanol–water partition coefficient (Wildman–Crippen LogP) is 2.33. The highest BCUT2D eigenvalue weighted by Gasteiger charge is 2.09. The summed E-state index contributed by atoms with van der Waals surface area (Å²) in [6, 6.07) is 3.51. The van der Waals surface area contributed by atoms with E-state index in [-0.39, 0.29) is 0 Å². The molecule has 2 rings (SSSR count). The van der Waals surface area contributed by atoms with E-state index >= 15 is 0 Å². The molecule has 0 aromatic carbocycles. The Kier molecular flexibility index (Phi) is 4.66. The van der Waals surface area contributed by atoms with E-state index in [9.17, 15) is 0 Å². The lowest BCUT2D eigenvalue weighted by molar-refractivity contribution is 0.493. The fourth-order valence-electron chi connectivity index (χ4n) is 1.46. The van der Waals surface area contributed by atoms with Crippen LogP contribution in [-0.4, -0.2) is 28.3 Å². The van der Waals surface area contributed by atoms with Gasteiger partial charge in [0.05, 0.1) is 5.02 Å². The molecular formula is C12H15ClN4O. The van der Waals surface area contributed by atoms with Crippen LogP contribution >= 0.6 is 11.6 Å². The van der Waals surface area contributed by atoms with Crippen molar-refractivity contribution in [3.05, 3.63) is 29.2 Å². The quantitative estimate of drug-likeness (QED) is 0.813. The largest absolute Gasteiger partial charge is 0.419 e. The molecule has 2 heterocycles. The second kappa shape index (κ2) is 6.47. The van der Waals surface area contributed by atoms with Gasteiger partial charge in [-0.15, -0.1) is 10.2 Å². The van der Waals surface area contributed by atoms with Gasteiger partial charge in [0.2, 0.25) is 5.89 Å². The standard InChI is InChI=1S/C12H15ClN4O/c1-2-6-14-7-5-11-16-17-12(18-11)10-4-3-9(13)8-15-10/h3-4,8,14H,2,5-7H2,1H3. The zero-order chi connectivity index (χ0) is 12.8. The lowest BCUT2D eigenvalue weighted by Crippen LogP contribution is -2.17. The number of rotatable bonds is 6. The minimum atomic E-state index is 0.428. The van der Waals surface area contributed by atoms with Crippen LogP contribution in [0.15, 0.2) is 22.7 Å². The zero-order valence-corrected chi connectivity index (χ0v) is 10.9. The molecule has 5 nitrogen and oxygen atoms in total. The molecule has 0 atom stereocenters. The third-order valence-corrected chi connectivity index (χ3v) is 2.58. The second-order valence-corrected chi connectivity index (χ2v) is 4.30. The highest BCUT2D eigenvalue weighted by Crippen LogP contribution is 2.17. The summed E-state index contributed by atoms with van der Waals surface area (Å²) in [4.78, 5) is 4.13. The summed E-state index contributed by atoms with van der Waals surface area (Å²) < 4.78 is 5.52. The Balaban J connectivity index is 1.95. The summed E-state index contributed by atoms with van der Waals surface area (Å²) >= 11 is 5.77. The molecular weight excluding hydrogens is 252 g/mol. The smallest absolute Gasteiger partial charge is 0.266 e. The van der Waals surface area contributed by atoms with E-state index in [0.29, 0.717) is 22.5 Å². The number of hydrogen-bond donors (Lipinski definition) is 1. The highest BCUT2D eigenvalue weighted by molar-refractivity contribution is 6.30. The van der Waals surface area contributed by atoms with Gasteiger partial charge in [0, 0.05) is 19.2 Å². The van der Waals surface area contributed by atoms with Crippen molar-refractivity contribution < 1.29 is 4.42 Å². The molecule has 2 aromatic rings. The van der Waals surface area contributed by atoms with E-state index < -0.39 is 0 Å². The molecule has 0 unspecified atom stereocenters. The molecule has 0 aliphatic carbocycles. The maximum atomic E-state index is 5.77. The van der Waals surface area contributed by atoms with Crippen LogP contribution in [0.3, 0.4) is 0 Å². The SMILES string of the molecule is CCCNCCc1nnc(-c2ccc(Cl)cn2)o1. The number of aromatic nitrogens is 3. The van der Waals surface area contributed by atoms with Crippen LogP contribution in [0.25, 0.3) is 11.6 Å². The second-order valence-electron chi connectivity index (χ2n) is 3.86. The first-order chi connectivity index (χ1) is 8.79. The van der Waals surface area contributed by atoms with Gasteiger partial charge in [-0.2, -0.15) is 0 Å². The van der Waals surface area contributed by atoms with E-state index in [1.165, 1.54) is 0 Å². The molecule has 0 amide bonds. The molecule has 6 heteroatoms. The van der Waals surface area contributed by atoms with Gasteiger partial charge in [-0.3, -0.25) is 0 Å². The molecule has 0 aliphatic rings. The number of pyridine rings is 1. The highest BCUT2D eigenvalue weighted by atomic mass is 35.5. The summed E-state index contributed by atoms with van der Waals surface area (Å²) in [5.74, 6) is 1.04. The third kappa shape index (κ3) is 3.51. The Morgan fingerprint density at radius 1 is 1.28 bits per heavy atom. The van der Waals surface area contributed by atoms with Gasteiger partial charge >= 0.3 is 0 Å². The average Bonchev–Trinajstić information content (AvgIpc) is 2.84. The fourth-order valence-corrected chi connectivity index (χ4v) is 1.57. The van der Waals surface area contributed by atoms with Gasteiger partial charge < -0.3 is 9.73 Å². The van der Waals surface area contributed by atoms with Crippen LogP contribution in [0.1, 0.15) is 19.2 Å². The maximum absolute atomic E-state index is 5.77. The molecule has 0 spiro atoms. The summed E-state index contributed by atoms with van der Waals surface area (Å²) in [5.41, 5.74) is 0.639. The van der Waals surface area contributed by atoms with Crippen LogP contribution in [0.5, 0.6) is 0 Å². The number of hydrogen-bond acceptors (Lipinski definition) is 5. The van der Waals surface area contributed by atoms with E-state index in [2.05, 4.69) is 27.4 Å². The summed E-state index contributed by atoms with van der Waals surface area (Å²) in [6.45, 7) is 3.97. The molecule has 0 radical (unpaired) electrons. The van der Waals surface area contributed by atoms with Crippen LogP contribution in [0, 0.1) is 0 Å². The van der Waals surface area contributed by atoms with Gasteiger partial charge in [0.25, 0.3) is 5.89 Å². The average molecular weight is 267 g/mol. The Morgan fingerprint density at radius 2 is 2.17 bits per heavy atom. The first-order valence-corrected chi connectivity index (χ1v) is 6.32. The monoisotopic (exact) mass is 266 g/mol. The molecule has 96 valence electrons. The predicted molar refractivity (Wildman–Crippen MR) is 69.4 cm³/mol. The molecule has 18 heavy (non-hydrogen) atoms. The Morgan fingerprint density at radius 3 is 2.89 bits per heavy atom. The first kappa shape index (κ1) is 13.0. The maximum Gasteiger partial charge on any atom is 0.266 e. The normalized spacial score (nSPS) is 10.8. The van der Waals surface area contributed by atoms with E-state index in [1.54, 1.807) is 18.3 Å². The van der Waals surface area contributed by atoms with Gasteiger partial charge in [-0.25, -0.2) is 4.98 Å². The lowest BCUT2D eigenvalue weighted by atomic mass is 10.3. The van der Waals surface area contributed by atoms with Crippen LogP contribution in [0.2, 0.25) is 5.02 Å². The van der Waals surface area contributed by atoms with Crippen molar-refractivity contribution in [3.63, 3.8) is 0 Å². The van der Waals surface area contributed by atoms with Gasteiger partial charge in [-0.05, 0) is 25.1 Å². The third-order valence-electron chi connectivity index (χ3n) is 2.36. The van der Waals surface area contributed by atoms with Gasteiger partial charge in [0.1, 0.15) is 5.69 Å². The number of halogens is 1. The van der Waals surface area contributed by atoms with Crippen LogP contribution in [-0.2, 0) is 6.42 Å². The summed E-state index contributed by atoms with van der Waals surface area (Å²) in [6.07, 6.45) is 3.40. The lowest BCUT2D eigenvalue weighted by Gasteiger charge is -1.98. The van der Waals surface area contributed by atoms with Gasteiger partial charge in [-0.1, -0.05) is 18.5 Å². The van der Waals surface area contributed by atoms with Crippen molar-refractivity contribution in [1.82, 2.24) is 20.5 Å². The number of nitrogens with one attached hydrogen (secondary N) is 1. The Bertz CT molecular complexity index is 483. The molecule has 0 saturated carbocycles. The molecule has 0 saturated heterocycles. The minimum absolute atomic E-state index is 0.428. The van der Waals surface area contributed by atoms with E-state index in [1.807, 2.05) is 0 Å². The fraction of sp³-hybridized carbons (Fsp3) is 0.417. The van der Waals surface area contributed by atoms with Crippen molar-refractivity contribution in [2.24, 2.45) is 0 Å². The number of nitrogens with zero attached hydrogens (tertiary/aromatic N) is 3. The zero-order valence-electron chi connectivity index (χ0n) is 10.2. The molecule has 2 aromatic heterocycles. The van der Waals surface area contributed by atoms with Gasteiger partial charge in [0.15, 0.2) is 0 Å². The topological polar surface area (TPSA) is 63.8 Å². The Hall–Kier alpha value is -1.46. The molecule has 0 fully saturated rings. The van der Waals surface area contributed by atoms with Crippen molar-refractivity contribution >= 4 is 11.6 Å². The van der Waals surface area contributed by atoms with Crippen molar-refractivity contribution in [3.8, 4) is 11.6 Å². The van der Waals surface area contributed by atoms with Crippen LogP contribution in [0.4, 0.5) is 0 Å². The van der Waals surface area contributed by atoms with E-state index in [4.69, 9.17) is 16.0 Å². The minimum Gasteiger partial charge on any atom is -0.419 e. The van der Waals surface area contributed by atoms with Crippen molar-refractivity contribution in [2.45, 2.75) is 19.8 Å². The van der Waals surface area contributed by atoms with E-state index in [0.717, 1.165) is 25.9 Å². The van der Waals surface area contributed by atoms with Crippen LogP contribution < -0.4 is 5.32 Å². The molecule has 1 N–H and O–H groups in total.